The van der Waals surface area contributed by atoms with Crippen molar-refractivity contribution in [2.75, 3.05) is 0 Å². The van der Waals surface area contributed by atoms with Crippen molar-refractivity contribution in [2.24, 2.45) is 0 Å². The lowest BCUT2D eigenvalue weighted by Crippen LogP contribution is -1.84. The summed E-state index contributed by atoms with van der Waals surface area (Å²) in [6.45, 7) is 0. The fourth-order valence-corrected chi connectivity index (χ4v) is 2.42. The molecule has 2 aromatic carbocycles. The van der Waals surface area contributed by atoms with Crippen LogP contribution in [0.15, 0.2) is 54.6 Å². The lowest BCUT2D eigenvalue weighted by molar-refractivity contribution is 0.225. The molecule has 0 bridgehead atoms. The first-order valence-electron chi connectivity index (χ1n) is 5.89. The number of para-hydroxylation sites is 1. The number of aromatic hydroxyl groups is 1. The molecule has 0 aromatic heterocycles. The van der Waals surface area contributed by atoms with Crippen LogP contribution < -0.4 is 4.74 Å². The minimum Gasteiger partial charge on any atom is -0.508 e. The van der Waals surface area contributed by atoms with E-state index in [2.05, 4.69) is 4.31 Å². The van der Waals surface area contributed by atoms with Gasteiger partial charge in [0, 0.05) is 6.07 Å². The smallest absolute Gasteiger partial charge is 0.478 e. The number of phenols is 1. The molecule has 0 saturated carbocycles. The number of hydrogen-bond donors (Lipinski definition) is 5. The zero-order valence-electron chi connectivity index (χ0n) is 11.5. The van der Waals surface area contributed by atoms with Crippen LogP contribution in [0.5, 0.6) is 17.2 Å². The Hall–Kier alpha value is -1.70. The molecular formula is C12H14O9P2. The zero-order valence-corrected chi connectivity index (χ0v) is 13.2. The van der Waals surface area contributed by atoms with Gasteiger partial charge in [-0.25, -0.2) is 9.13 Å². The Labute approximate surface area is 131 Å². The largest absolute Gasteiger partial charge is 0.508 e. The number of benzene rings is 2. The van der Waals surface area contributed by atoms with Crippen molar-refractivity contribution in [1.82, 2.24) is 0 Å². The maximum Gasteiger partial charge on any atom is 0.478 e. The van der Waals surface area contributed by atoms with Gasteiger partial charge >= 0.3 is 15.6 Å². The Bertz CT molecular complexity index is 687. The molecule has 0 aliphatic heterocycles. The van der Waals surface area contributed by atoms with Crippen LogP contribution in [0.1, 0.15) is 0 Å². The molecule has 0 aliphatic carbocycles. The number of phenolic OH excluding ortho intramolecular Hbond substituents is 1. The molecule has 2 aromatic rings. The summed E-state index contributed by atoms with van der Waals surface area (Å²) < 4.78 is 27.7. The highest BCUT2D eigenvalue weighted by Crippen LogP contribution is 2.53. The molecule has 0 saturated heterocycles. The molecule has 0 radical (unpaired) electrons. The van der Waals surface area contributed by atoms with E-state index in [1.165, 1.54) is 0 Å². The number of hydrogen-bond acceptors (Lipinski definition) is 5. The quantitative estimate of drug-likeness (QED) is 0.514. The van der Waals surface area contributed by atoms with Crippen LogP contribution in [0.2, 0.25) is 0 Å². The van der Waals surface area contributed by atoms with Crippen molar-refractivity contribution in [2.45, 2.75) is 0 Å². The standard InChI is InChI=1S/C12H10O2.H4O7P2/c13-10-5-4-8-12(9-10)14-11-6-2-1-3-7-11;1-8(2,3)7-9(4,5)6/h1-9,13H;(H2,1,2,3)(H2,4,5,6). The molecule has 0 spiro atoms. The summed E-state index contributed by atoms with van der Waals surface area (Å²) in [7, 11) is -10.1. The average Bonchev–Trinajstić information content (AvgIpc) is 2.36. The molecule has 11 heteroatoms. The van der Waals surface area contributed by atoms with Gasteiger partial charge in [0.1, 0.15) is 17.2 Å². The van der Waals surface area contributed by atoms with Gasteiger partial charge in [-0.3, -0.25) is 0 Å². The third kappa shape index (κ3) is 9.83. The first-order valence-corrected chi connectivity index (χ1v) is 8.95. The fourth-order valence-electron chi connectivity index (χ4n) is 1.31. The second-order valence-corrected chi connectivity index (χ2v) is 6.59. The Morgan fingerprint density at radius 3 is 1.70 bits per heavy atom. The molecule has 9 nitrogen and oxygen atoms in total. The van der Waals surface area contributed by atoms with Crippen molar-refractivity contribution >= 4 is 15.6 Å². The third-order valence-electron chi connectivity index (χ3n) is 2.01. The van der Waals surface area contributed by atoms with Crippen LogP contribution in [0.4, 0.5) is 0 Å². The lowest BCUT2D eigenvalue weighted by atomic mass is 10.3. The van der Waals surface area contributed by atoms with Gasteiger partial charge in [-0.05, 0) is 24.3 Å². The van der Waals surface area contributed by atoms with E-state index in [0.29, 0.717) is 5.75 Å². The van der Waals surface area contributed by atoms with Crippen molar-refractivity contribution < 1.29 is 42.9 Å². The van der Waals surface area contributed by atoms with E-state index in [9.17, 15) is 14.2 Å². The maximum absolute atomic E-state index is 9.63. The Balaban J connectivity index is 0.000000257. The van der Waals surface area contributed by atoms with E-state index in [0.717, 1.165) is 5.75 Å². The molecule has 23 heavy (non-hydrogen) atoms. The highest BCUT2D eigenvalue weighted by atomic mass is 31.3. The van der Waals surface area contributed by atoms with Crippen LogP contribution in [-0.4, -0.2) is 24.7 Å². The van der Waals surface area contributed by atoms with Crippen molar-refractivity contribution in [3.63, 3.8) is 0 Å². The lowest BCUT2D eigenvalue weighted by Gasteiger charge is -2.04. The van der Waals surface area contributed by atoms with Crippen LogP contribution in [-0.2, 0) is 13.4 Å². The van der Waals surface area contributed by atoms with Crippen molar-refractivity contribution in [3.8, 4) is 17.2 Å². The highest BCUT2D eigenvalue weighted by molar-refractivity contribution is 7.60. The molecule has 0 atom stereocenters. The number of ether oxygens (including phenoxy) is 1. The molecule has 5 N–H and O–H groups in total. The van der Waals surface area contributed by atoms with E-state index in [1.807, 2.05) is 30.3 Å². The van der Waals surface area contributed by atoms with Gasteiger partial charge in [-0.2, -0.15) is 4.31 Å². The summed E-state index contributed by atoms with van der Waals surface area (Å²) in [5.41, 5.74) is 0. The molecule has 0 amide bonds. The van der Waals surface area contributed by atoms with Gasteiger partial charge in [0.05, 0.1) is 0 Å². The summed E-state index contributed by atoms with van der Waals surface area (Å²) in [5.74, 6) is 1.60. The summed E-state index contributed by atoms with van der Waals surface area (Å²) in [4.78, 5) is 31.0. The maximum atomic E-state index is 9.63. The van der Waals surface area contributed by atoms with Gasteiger partial charge in [0.15, 0.2) is 0 Å². The fraction of sp³-hybridized carbons (Fsp3) is 0. The molecule has 0 aliphatic rings. The minimum absolute atomic E-state index is 0.207. The summed E-state index contributed by atoms with van der Waals surface area (Å²) in [6, 6.07) is 16.2. The van der Waals surface area contributed by atoms with Crippen molar-refractivity contribution in [3.05, 3.63) is 54.6 Å². The predicted octanol–water partition coefficient (Wildman–Crippen LogP) is 2.37. The Kier molecular flexibility index (Phi) is 6.93. The third-order valence-corrected chi connectivity index (χ3v) is 3.71. The summed E-state index contributed by atoms with van der Waals surface area (Å²) in [6.07, 6.45) is 0. The summed E-state index contributed by atoms with van der Waals surface area (Å²) >= 11 is 0. The summed E-state index contributed by atoms with van der Waals surface area (Å²) in [5, 5.41) is 9.21. The minimum atomic E-state index is -5.05. The number of rotatable bonds is 4. The van der Waals surface area contributed by atoms with Crippen molar-refractivity contribution in [1.29, 1.82) is 0 Å². The molecular weight excluding hydrogens is 350 g/mol. The van der Waals surface area contributed by atoms with Gasteiger partial charge in [0.25, 0.3) is 0 Å². The van der Waals surface area contributed by atoms with Gasteiger partial charge in [-0.15, -0.1) is 0 Å². The van der Waals surface area contributed by atoms with Crippen LogP contribution in [0, 0.1) is 0 Å². The second kappa shape index (κ2) is 8.24. The normalized spacial score (nSPS) is 11.3. The number of phosphoric acid groups is 2. The van der Waals surface area contributed by atoms with E-state index in [1.54, 1.807) is 24.3 Å². The van der Waals surface area contributed by atoms with Gasteiger partial charge < -0.3 is 29.4 Å². The monoisotopic (exact) mass is 364 g/mol. The highest BCUT2D eigenvalue weighted by Gasteiger charge is 2.27. The molecule has 0 fully saturated rings. The van der Waals surface area contributed by atoms with E-state index < -0.39 is 15.6 Å². The van der Waals surface area contributed by atoms with E-state index in [-0.39, 0.29) is 5.75 Å². The van der Waals surface area contributed by atoms with Crippen LogP contribution >= 0.6 is 15.6 Å². The first-order chi connectivity index (χ1) is 10.6. The Morgan fingerprint density at radius 1 is 0.739 bits per heavy atom. The molecule has 0 unspecified atom stereocenters. The molecule has 0 heterocycles. The van der Waals surface area contributed by atoms with E-state index >= 15 is 0 Å². The SMILES string of the molecule is O=P(O)(O)OP(=O)(O)O.Oc1cccc(Oc2ccccc2)c1. The zero-order chi connectivity index (χ0) is 17.5. The predicted molar refractivity (Wildman–Crippen MR) is 79.8 cm³/mol. The van der Waals surface area contributed by atoms with Crippen LogP contribution in [0.3, 0.4) is 0 Å². The molecule has 2 rings (SSSR count). The van der Waals surface area contributed by atoms with Gasteiger partial charge in [-0.1, -0.05) is 24.3 Å². The van der Waals surface area contributed by atoms with E-state index in [4.69, 9.17) is 24.3 Å². The topological polar surface area (TPSA) is 154 Å². The molecule has 126 valence electrons. The Morgan fingerprint density at radius 2 is 1.26 bits per heavy atom. The second-order valence-electron chi connectivity index (χ2n) is 3.98. The first kappa shape index (κ1) is 19.3. The average molecular weight is 364 g/mol. The van der Waals surface area contributed by atoms with Gasteiger partial charge in [0.2, 0.25) is 0 Å². The van der Waals surface area contributed by atoms with Crippen LogP contribution in [0.25, 0.3) is 0 Å².